The van der Waals surface area contributed by atoms with Gasteiger partial charge >= 0.3 is 5.97 Å². The fraction of sp³-hybridized carbons (Fsp3) is 0. The lowest BCUT2D eigenvalue weighted by atomic mass is 10.1. The third-order valence-electron chi connectivity index (χ3n) is 3.37. The van der Waals surface area contributed by atoms with E-state index in [1.165, 1.54) is 24.3 Å². The van der Waals surface area contributed by atoms with Crippen molar-refractivity contribution in [3.05, 3.63) is 70.6 Å². The van der Waals surface area contributed by atoms with Crippen molar-refractivity contribution in [2.75, 3.05) is 5.32 Å². The van der Waals surface area contributed by atoms with E-state index in [-0.39, 0.29) is 16.3 Å². The normalized spacial score (nSPS) is 10.0. The summed E-state index contributed by atoms with van der Waals surface area (Å²) in [6.07, 6.45) is 0. The van der Waals surface area contributed by atoms with Crippen molar-refractivity contribution in [1.82, 2.24) is 4.98 Å². The Hall–Kier alpha value is -3.50. The average Bonchev–Trinajstić information content (AvgIpc) is 3.05. The van der Waals surface area contributed by atoms with Crippen molar-refractivity contribution in [2.45, 2.75) is 0 Å². The standard InChI is InChI=1S/C18H11N3O3S/c19-10-14-15(11-5-2-1-3-6-11)20-18(25-14)21-16(22)12-7-4-8-13(9-12)17(23)24/h1-9H,(H,23,24)(H,20,21,22). The van der Waals surface area contributed by atoms with Gasteiger partial charge in [-0.25, -0.2) is 9.78 Å². The predicted molar refractivity (Wildman–Crippen MR) is 93.6 cm³/mol. The zero-order valence-electron chi connectivity index (χ0n) is 12.8. The summed E-state index contributed by atoms with van der Waals surface area (Å²) < 4.78 is 0. The molecular weight excluding hydrogens is 338 g/mol. The lowest BCUT2D eigenvalue weighted by Gasteiger charge is -2.02. The predicted octanol–water partition coefficient (Wildman–Crippen LogP) is 3.63. The molecule has 0 bridgehead atoms. The number of thiazole rings is 1. The van der Waals surface area contributed by atoms with Crippen LogP contribution < -0.4 is 5.32 Å². The zero-order valence-corrected chi connectivity index (χ0v) is 13.6. The first-order valence-corrected chi connectivity index (χ1v) is 8.01. The Balaban J connectivity index is 1.88. The number of carbonyl (C=O) groups is 2. The van der Waals surface area contributed by atoms with Crippen molar-refractivity contribution >= 4 is 28.3 Å². The van der Waals surface area contributed by atoms with Crippen LogP contribution in [0.15, 0.2) is 54.6 Å². The molecule has 0 atom stereocenters. The van der Waals surface area contributed by atoms with Gasteiger partial charge in [0.15, 0.2) is 5.13 Å². The van der Waals surface area contributed by atoms with Gasteiger partial charge < -0.3 is 5.11 Å². The number of aromatic nitrogens is 1. The van der Waals surface area contributed by atoms with Gasteiger partial charge in [0.25, 0.3) is 5.91 Å². The lowest BCUT2D eigenvalue weighted by Crippen LogP contribution is -2.12. The molecule has 0 aliphatic carbocycles. The van der Waals surface area contributed by atoms with Gasteiger partial charge in [0, 0.05) is 11.1 Å². The van der Waals surface area contributed by atoms with Crippen molar-refractivity contribution in [1.29, 1.82) is 5.26 Å². The molecule has 1 amide bonds. The van der Waals surface area contributed by atoms with Crippen molar-refractivity contribution < 1.29 is 14.7 Å². The second-order valence-corrected chi connectivity index (χ2v) is 6.01. The number of carboxylic acid groups (broad SMARTS) is 1. The van der Waals surface area contributed by atoms with Crippen molar-refractivity contribution in [3.8, 4) is 17.3 Å². The van der Waals surface area contributed by atoms with Crippen LogP contribution in [0.3, 0.4) is 0 Å². The maximum atomic E-state index is 12.3. The minimum Gasteiger partial charge on any atom is -0.478 e. The Morgan fingerprint density at radius 1 is 1.08 bits per heavy atom. The maximum Gasteiger partial charge on any atom is 0.335 e. The van der Waals surface area contributed by atoms with E-state index in [0.29, 0.717) is 10.6 Å². The summed E-state index contributed by atoms with van der Waals surface area (Å²) in [5.74, 6) is -1.59. The molecule has 0 radical (unpaired) electrons. The SMILES string of the molecule is N#Cc1sc(NC(=O)c2cccc(C(=O)O)c2)nc1-c1ccccc1. The summed E-state index contributed by atoms with van der Waals surface area (Å²) in [7, 11) is 0. The van der Waals surface area contributed by atoms with Gasteiger partial charge in [0.05, 0.1) is 5.56 Å². The van der Waals surface area contributed by atoms with Crippen LogP contribution in [0.25, 0.3) is 11.3 Å². The minimum absolute atomic E-state index is 0.0227. The topological polar surface area (TPSA) is 103 Å². The molecule has 122 valence electrons. The van der Waals surface area contributed by atoms with Crippen LogP contribution in [-0.2, 0) is 0 Å². The molecular formula is C18H11N3O3S. The monoisotopic (exact) mass is 349 g/mol. The highest BCUT2D eigenvalue weighted by Crippen LogP contribution is 2.30. The Kier molecular flexibility index (Phi) is 4.55. The second kappa shape index (κ2) is 6.95. The summed E-state index contributed by atoms with van der Waals surface area (Å²) in [6, 6.07) is 17.0. The number of nitriles is 1. The van der Waals surface area contributed by atoms with Gasteiger partial charge in [0.1, 0.15) is 16.6 Å². The number of carboxylic acids is 1. The van der Waals surface area contributed by atoms with Gasteiger partial charge in [-0.3, -0.25) is 10.1 Å². The molecule has 0 unspecified atom stereocenters. The van der Waals surface area contributed by atoms with E-state index < -0.39 is 11.9 Å². The first-order chi connectivity index (χ1) is 12.1. The first kappa shape index (κ1) is 16.4. The van der Waals surface area contributed by atoms with E-state index in [1.54, 1.807) is 0 Å². The summed E-state index contributed by atoms with van der Waals surface area (Å²) in [6.45, 7) is 0. The highest BCUT2D eigenvalue weighted by molar-refractivity contribution is 7.16. The molecule has 0 fully saturated rings. The molecule has 1 heterocycles. The number of aromatic carboxylic acids is 1. The summed E-state index contributed by atoms with van der Waals surface area (Å²) in [5.41, 5.74) is 1.51. The van der Waals surface area contributed by atoms with Crippen LogP contribution in [0.5, 0.6) is 0 Å². The Bertz CT molecular complexity index is 990. The highest BCUT2D eigenvalue weighted by atomic mass is 32.1. The third kappa shape index (κ3) is 3.54. The second-order valence-electron chi connectivity index (χ2n) is 5.01. The molecule has 0 saturated carbocycles. The van der Waals surface area contributed by atoms with Gasteiger partial charge in [-0.15, -0.1) is 0 Å². The maximum absolute atomic E-state index is 12.3. The molecule has 0 aliphatic rings. The number of benzene rings is 2. The van der Waals surface area contributed by atoms with E-state index in [9.17, 15) is 14.9 Å². The summed E-state index contributed by atoms with van der Waals surface area (Å²) in [4.78, 5) is 28.0. The van der Waals surface area contributed by atoms with E-state index >= 15 is 0 Å². The lowest BCUT2D eigenvalue weighted by molar-refractivity contribution is 0.0697. The van der Waals surface area contributed by atoms with E-state index in [2.05, 4.69) is 16.4 Å². The number of nitrogens with zero attached hydrogens (tertiary/aromatic N) is 2. The quantitative estimate of drug-likeness (QED) is 0.748. The fourth-order valence-electron chi connectivity index (χ4n) is 2.20. The molecule has 0 spiro atoms. The van der Waals surface area contributed by atoms with E-state index in [0.717, 1.165) is 16.9 Å². The van der Waals surface area contributed by atoms with Crippen LogP contribution in [0.4, 0.5) is 5.13 Å². The number of amides is 1. The smallest absolute Gasteiger partial charge is 0.335 e. The van der Waals surface area contributed by atoms with Crippen LogP contribution >= 0.6 is 11.3 Å². The van der Waals surface area contributed by atoms with Crippen LogP contribution in [-0.4, -0.2) is 22.0 Å². The van der Waals surface area contributed by atoms with Crippen molar-refractivity contribution in [3.63, 3.8) is 0 Å². The van der Waals surface area contributed by atoms with Crippen LogP contribution in [0.2, 0.25) is 0 Å². The largest absolute Gasteiger partial charge is 0.478 e. The molecule has 1 aromatic heterocycles. The molecule has 6 nitrogen and oxygen atoms in total. The average molecular weight is 349 g/mol. The molecule has 3 aromatic rings. The Morgan fingerprint density at radius 3 is 2.48 bits per heavy atom. The number of carbonyl (C=O) groups excluding carboxylic acids is 1. The van der Waals surface area contributed by atoms with Gasteiger partial charge in [0.2, 0.25) is 0 Å². The van der Waals surface area contributed by atoms with Gasteiger partial charge in [-0.05, 0) is 18.2 Å². The Morgan fingerprint density at radius 2 is 1.80 bits per heavy atom. The molecule has 0 saturated heterocycles. The number of anilines is 1. The molecule has 0 aliphatic heterocycles. The van der Waals surface area contributed by atoms with Gasteiger partial charge in [-0.1, -0.05) is 47.7 Å². The number of nitrogens with one attached hydrogen (secondary N) is 1. The van der Waals surface area contributed by atoms with Crippen LogP contribution in [0, 0.1) is 11.3 Å². The van der Waals surface area contributed by atoms with Gasteiger partial charge in [-0.2, -0.15) is 5.26 Å². The number of rotatable bonds is 4. The molecule has 2 aromatic carbocycles. The minimum atomic E-state index is -1.11. The molecule has 2 N–H and O–H groups in total. The van der Waals surface area contributed by atoms with Crippen LogP contribution in [0.1, 0.15) is 25.6 Å². The summed E-state index contributed by atoms with van der Waals surface area (Å²) in [5, 5.41) is 21.2. The zero-order chi connectivity index (χ0) is 17.8. The van der Waals surface area contributed by atoms with Crippen molar-refractivity contribution in [2.24, 2.45) is 0 Å². The van der Waals surface area contributed by atoms with E-state index in [1.807, 2.05) is 30.3 Å². The third-order valence-corrected chi connectivity index (χ3v) is 4.24. The van der Waals surface area contributed by atoms with E-state index in [4.69, 9.17) is 5.11 Å². The number of hydrogen-bond acceptors (Lipinski definition) is 5. The first-order valence-electron chi connectivity index (χ1n) is 7.19. The molecule has 7 heteroatoms. The molecule has 3 rings (SSSR count). The highest BCUT2D eigenvalue weighted by Gasteiger charge is 2.16. The number of hydrogen-bond donors (Lipinski definition) is 2. The summed E-state index contributed by atoms with van der Waals surface area (Å²) >= 11 is 1.07. The molecule has 25 heavy (non-hydrogen) atoms. The Labute approximate surface area is 147 Å². The fourth-order valence-corrected chi connectivity index (χ4v) is 2.98.